The number of hydrogen-bond donors (Lipinski definition) is 1. The van der Waals surface area contributed by atoms with Gasteiger partial charge in [0.05, 0.1) is 0 Å². The predicted molar refractivity (Wildman–Crippen MR) is 91.0 cm³/mol. The fraction of sp³-hybridized carbons (Fsp3) is 0.350. The average molecular weight is 302 g/mol. The van der Waals surface area contributed by atoms with Crippen LogP contribution < -0.4 is 29.0 Å². The van der Waals surface area contributed by atoms with E-state index in [-0.39, 0.29) is 30.0 Å². The molecule has 0 aromatic heterocycles. The van der Waals surface area contributed by atoms with Crippen molar-refractivity contribution in [3.05, 3.63) is 58.1 Å². The van der Waals surface area contributed by atoms with E-state index in [0.29, 0.717) is 5.56 Å². The zero-order chi connectivity index (χ0) is 16.5. The van der Waals surface area contributed by atoms with Crippen LogP contribution in [0.2, 0.25) is 0 Å². The minimum atomic E-state index is 0. The normalized spacial score (nSPS) is 11.6. The van der Waals surface area contributed by atoms with E-state index in [1.165, 1.54) is 16.7 Å². The third-order valence-corrected chi connectivity index (χ3v) is 3.92. The predicted octanol–water partition coefficient (Wildman–Crippen LogP) is -0.182. The summed E-state index contributed by atoms with van der Waals surface area (Å²) in [7, 11) is 0. The Morgan fingerprint density at radius 2 is 1.52 bits per heavy atom. The fourth-order valence-electron chi connectivity index (χ4n) is 2.69. The van der Waals surface area contributed by atoms with E-state index >= 15 is 0 Å². The quantitative estimate of drug-likeness (QED) is 0.606. The van der Waals surface area contributed by atoms with Crippen molar-refractivity contribution >= 4 is 11.9 Å². The molecule has 0 bridgehead atoms. The molecule has 0 fully saturated rings. The van der Waals surface area contributed by atoms with Gasteiger partial charge in [-0.1, -0.05) is 44.2 Å². The van der Waals surface area contributed by atoms with Crippen LogP contribution in [0, 0.1) is 20.8 Å². The van der Waals surface area contributed by atoms with Gasteiger partial charge in [-0.15, -0.1) is 0 Å². The summed E-state index contributed by atoms with van der Waals surface area (Å²) in [4.78, 5) is 3.32. The number of rotatable bonds is 2. The second kappa shape index (κ2) is 7.38. The summed E-state index contributed by atoms with van der Waals surface area (Å²) in [6, 6.07) is 9.85. The number of benzene rings is 2. The van der Waals surface area contributed by atoms with E-state index in [0.717, 1.165) is 11.3 Å². The molecule has 0 aliphatic rings. The molecule has 1 N–H and O–H groups in total. The second-order valence-corrected chi connectivity index (χ2v) is 7.06. The monoisotopic (exact) mass is 302 g/mol. The minimum absolute atomic E-state index is 0. The smallest absolute Gasteiger partial charge is 0.872 e. The van der Waals surface area contributed by atoms with Crippen molar-refractivity contribution in [3.8, 4) is 5.75 Å². The maximum absolute atomic E-state index is 12.1. The van der Waals surface area contributed by atoms with Crippen LogP contribution in [-0.2, 0) is 5.41 Å². The molecule has 0 saturated heterocycles. The molecule has 2 aromatic rings. The molecular weight excluding hydrogens is 277 g/mol. The Kier molecular flexibility index (Phi) is 6.28. The maximum Gasteiger partial charge on any atom is 1.00 e. The van der Waals surface area contributed by atoms with Crippen LogP contribution in [0.4, 0.5) is 5.69 Å². The molecule has 0 atom stereocenters. The van der Waals surface area contributed by atoms with Crippen molar-refractivity contribution in [2.24, 2.45) is 0 Å². The molecular formula is C20H25LiNO+. The Morgan fingerprint density at radius 3 is 2.04 bits per heavy atom. The van der Waals surface area contributed by atoms with Crippen LogP contribution in [0.1, 0.15) is 48.6 Å². The molecule has 2 aromatic carbocycles. The molecule has 0 aliphatic carbocycles. The van der Waals surface area contributed by atoms with Crippen LogP contribution >= 0.6 is 0 Å². The van der Waals surface area contributed by atoms with Crippen molar-refractivity contribution < 1.29 is 29.0 Å². The molecule has 0 heterocycles. The van der Waals surface area contributed by atoms with Gasteiger partial charge in [-0.3, -0.25) is 0 Å². The van der Waals surface area contributed by atoms with E-state index in [4.69, 9.17) is 0 Å². The van der Waals surface area contributed by atoms with Gasteiger partial charge in [-0.2, -0.15) is 0 Å². The maximum atomic E-state index is 12.1. The molecule has 0 spiro atoms. The minimum Gasteiger partial charge on any atom is -0.872 e. The first-order chi connectivity index (χ1) is 10.2. The molecule has 2 nitrogen and oxygen atoms in total. The van der Waals surface area contributed by atoms with Gasteiger partial charge in [0.25, 0.3) is 0 Å². The molecule has 0 aliphatic heterocycles. The summed E-state index contributed by atoms with van der Waals surface area (Å²) in [5.74, 6) is 0.0444. The van der Waals surface area contributed by atoms with Gasteiger partial charge in [0.15, 0.2) is 6.21 Å². The first-order valence-corrected chi connectivity index (χ1v) is 7.67. The fourth-order valence-corrected chi connectivity index (χ4v) is 2.69. The summed E-state index contributed by atoms with van der Waals surface area (Å²) < 4.78 is 0. The van der Waals surface area contributed by atoms with Gasteiger partial charge in [-0.25, -0.2) is 4.99 Å². The first kappa shape index (κ1) is 19.6. The van der Waals surface area contributed by atoms with Crippen molar-refractivity contribution in [1.82, 2.24) is 0 Å². The number of aryl methyl sites for hydroxylation is 3. The molecule has 2 rings (SSSR count). The summed E-state index contributed by atoms with van der Waals surface area (Å²) in [5.41, 5.74) is 6.60. The molecule has 0 amide bonds. The molecule has 0 radical (unpaired) electrons. The largest absolute Gasteiger partial charge is 1.00 e. The molecule has 0 unspecified atom stereocenters. The Morgan fingerprint density at radius 1 is 0.957 bits per heavy atom. The zero-order valence-electron chi connectivity index (χ0n) is 15.4. The SMILES string of the molecule is Cc1cc(C)c([NH+]=Cc2cc(C(C)(C)C)ccc2[O-])c(C)c1.[Li+]. The van der Waals surface area contributed by atoms with Crippen molar-refractivity contribution in [1.29, 1.82) is 0 Å². The molecule has 116 valence electrons. The van der Waals surface area contributed by atoms with Gasteiger partial charge < -0.3 is 5.11 Å². The Hall–Kier alpha value is -1.49. The first-order valence-electron chi connectivity index (χ1n) is 7.67. The Labute approximate surface area is 151 Å². The van der Waals surface area contributed by atoms with Crippen LogP contribution in [0.15, 0.2) is 30.3 Å². The van der Waals surface area contributed by atoms with Gasteiger partial charge in [0.2, 0.25) is 5.69 Å². The van der Waals surface area contributed by atoms with Crippen LogP contribution in [0.5, 0.6) is 5.75 Å². The summed E-state index contributed by atoms with van der Waals surface area (Å²) in [6.45, 7) is 12.7. The van der Waals surface area contributed by atoms with Crippen LogP contribution in [0.3, 0.4) is 0 Å². The Balaban J connectivity index is 0.00000264. The van der Waals surface area contributed by atoms with Gasteiger partial charge in [0, 0.05) is 16.7 Å². The van der Waals surface area contributed by atoms with E-state index in [1.807, 2.05) is 18.3 Å². The van der Waals surface area contributed by atoms with Crippen molar-refractivity contribution in [2.45, 2.75) is 47.0 Å². The standard InChI is InChI=1S/C20H25NO.Li/c1-13-9-14(2)19(15(3)10-13)21-12-16-11-17(20(4,5)6)7-8-18(16)22;/h7-12,22H,1-6H3;/q;+1. The topological polar surface area (TPSA) is 37.0 Å². The van der Waals surface area contributed by atoms with E-state index < -0.39 is 0 Å². The third kappa shape index (κ3) is 4.74. The van der Waals surface area contributed by atoms with Crippen molar-refractivity contribution in [3.63, 3.8) is 0 Å². The molecule has 3 heteroatoms. The average Bonchev–Trinajstić information content (AvgIpc) is 2.38. The number of hydrogen-bond acceptors (Lipinski definition) is 1. The van der Waals surface area contributed by atoms with Gasteiger partial charge in [0.1, 0.15) is 0 Å². The number of nitrogens with one attached hydrogen (secondary N) is 1. The van der Waals surface area contributed by atoms with E-state index in [2.05, 4.69) is 58.7 Å². The van der Waals surface area contributed by atoms with E-state index in [9.17, 15) is 5.11 Å². The molecule has 0 saturated carbocycles. The van der Waals surface area contributed by atoms with E-state index in [1.54, 1.807) is 6.07 Å². The van der Waals surface area contributed by atoms with Crippen LogP contribution in [-0.4, -0.2) is 6.21 Å². The van der Waals surface area contributed by atoms with Gasteiger partial charge in [-0.05, 0) is 49.9 Å². The Bertz CT molecular complexity index is 704. The van der Waals surface area contributed by atoms with Crippen LogP contribution in [0.25, 0.3) is 0 Å². The summed E-state index contributed by atoms with van der Waals surface area (Å²) >= 11 is 0. The molecule has 23 heavy (non-hydrogen) atoms. The third-order valence-electron chi connectivity index (χ3n) is 3.92. The summed E-state index contributed by atoms with van der Waals surface area (Å²) in [6.07, 6.45) is 1.82. The van der Waals surface area contributed by atoms with Gasteiger partial charge >= 0.3 is 18.9 Å². The van der Waals surface area contributed by atoms with Crippen molar-refractivity contribution in [2.75, 3.05) is 0 Å². The summed E-state index contributed by atoms with van der Waals surface area (Å²) in [5, 5.41) is 12.1. The zero-order valence-corrected chi connectivity index (χ0v) is 15.4. The second-order valence-electron chi connectivity index (χ2n) is 7.06.